The molecule has 12 heteroatoms. The lowest BCUT2D eigenvalue weighted by molar-refractivity contribution is -0.135. The molecule has 0 bridgehead atoms. The molecule has 0 saturated heterocycles. The van der Waals surface area contributed by atoms with Gasteiger partial charge in [-0.2, -0.15) is 0 Å². The Balaban J connectivity index is 0.00000650. The van der Waals surface area contributed by atoms with Gasteiger partial charge < -0.3 is 41.0 Å². The summed E-state index contributed by atoms with van der Waals surface area (Å²) in [6, 6.07) is 23.4. The average Bonchev–Trinajstić information content (AvgIpc) is 3.41. The average molecular weight is 697 g/mol. The van der Waals surface area contributed by atoms with Crippen LogP contribution < -0.4 is 21.7 Å². The first-order valence-corrected chi connectivity index (χ1v) is 16.6. The minimum atomic E-state index is -1.66. The number of fused-ring (bicyclic) bond motifs is 3. The Kier molecular flexibility index (Phi) is 16.5. The van der Waals surface area contributed by atoms with Crippen molar-refractivity contribution in [3.8, 4) is 11.1 Å². The molecule has 4 rings (SSSR count). The Hall–Kier alpha value is -4.00. The number of hydrogen-bond acceptors (Lipinski definition) is 8. The molecule has 3 atom stereocenters. The third-order valence-corrected chi connectivity index (χ3v) is 8.12. The first-order chi connectivity index (χ1) is 23.3. The number of aliphatic hydroxyl groups excluding tert-OH is 1. The predicted octanol–water partition coefficient (Wildman–Crippen LogP) is 3.56. The van der Waals surface area contributed by atoms with Gasteiger partial charge in [-0.3, -0.25) is 9.59 Å². The van der Waals surface area contributed by atoms with Crippen LogP contribution in [0.4, 0.5) is 4.79 Å². The number of rotatable bonds is 19. The molecule has 1 aliphatic rings. The number of hydrogen-bond donors (Lipinski definition) is 5. The Morgan fingerprint density at radius 2 is 1.39 bits per heavy atom. The van der Waals surface area contributed by atoms with Gasteiger partial charge in [0.15, 0.2) is 6.10 Å². The van der Waals surface area contributed by atoms with E-state index in [2.05, 4.69) is 28.1 Å². The number of alkyl carbamates (subject to hydrolysis) is 1. The van der Waals surface area contributed by atoms with Crippen LogP contribution in [0.15, 0.2) is 78.9 Å². The monoisotopic (exact) mass is 696 g/mol. The van der Waals surface area contributed by atoms with Gasteiger partial charge in [0.2, 0.25) is 5.91 Å². The number of halogens is 1. The van der Waals surface area contributed by atoms with Crippen molar-refractivity contribution < 1.29 is 33.7 Å². The maximum atomic E-state index is 13.4. The van der Waals surface area contributed by atoms with Crippen molar-refractivity contribution in [2.75, 3.05) is 46.1 Å². The first kappa shape index (κ1) is 39.4. The van der Waals surface area contributed by atoms with Crippen LogP contribution >= 0.6 is 12.4 Å². The van der Waals surface area contributed by atoms with Gasteiger partial charge in [-0.15, -0.1) is 12.4 Å². The molecular formula is C37H49ClN4O7. The third-order valence-electron chi connectivity index (χ3n) is 8.12. The van der Waals surface area contributed by atoms with Crippen LogP contribution in [0, 0.1) is 5.92 Å². The van der Waals surface area contributed by atoms with Gasteiger partial charge in [0.05, 0.1) is 32.5 Å². The van der Waals surface area contributed by atoms with Crippen LogP contribution in [-0.2, 0) is 30.2 Å². The second-order valence-corrected chi connectivity index (χ2v) is 12.2. The molecule has 0 aliphatic heterocycles. The fourth-order valence-corrected chi connectivity index (χ4v) is 5.82. The van der Waals surface area contributed by atoms with Crippen molar-refractivity contribution in [3.05, 3.63) is 95.6 Å². The number of ether oxygens (including phenoxy) is 3. The normalized spacial score (nSPS) is 13.7. The van der Waals surface area contributed by atoms with Crippen LogP contribution in [0.2, 0.25) is 0 Å². The van der Waals surface area contributed by atoms with E-state index in [-0.39, 0.29) is 50.4 Å². The highest BCUT2D eigenvalue weighted by Gasteiger charge is 2.33. The predicted molar refractivity (Wildman–Crippen MR) is 190 cm³/mol. The zero-order valence-electron chi connectivity index (χ0n) is 28.1. The second kappa shape index (κ2) is 20.5. The Morgan fingerprint density at radius 1 is 0.796 bits per heavy atom. The highest BCUT2D eigenvalue weighted by molar-refractivity contribution is 5.90. The molecule has 11 nitrogen and oxygen atoms in total. The van der Waals surface area contributed by atoms with Crippen molar-refractivity contribution >= 4 is 30.3 Å². The quantitative estimate of drug-likeness (QED) is 0.119. The molecule has 3 aromatic rings. The molecule has 3 amide bonds. The van der Waals surface area contributed by atoms with Crippen molar-refractivity contribution in [2.24, 2.45) is 11.7 Å². The number of aliphatic hydroxyl groups is 1. The van der Waals surface area contributed by atoms with E-state index in [0.717, 1.165) is 27.8 Å². The molecule has 266 valence electrons. The lowest BCUT2D eigenvalue weighted by Gasteiger charge is -2.26. The van der Waals surface area contributed by atoms with E-state index in [1.165, 1.54) is 0 Å². The van der Waals surface area contributed by atoms with Crippen molar-refractivity contribution in [1.29, 1.82) is 0 Å². The third kappa shape index (κ3) is 11.8. The first-order valence-electron chi connectivity index (χ1n) is 16.6. The summed E-state index contributed by atoms with van der Waals surface area (Å²) in [4.78, 5) is 39.7. The Bertz CT molecular complexity index is 1430. The minimum Gasteiger partial charge on any atom is -0.449 e. The number of nitrogens with one attached hydrogen (secondary N) is 3. The SMILES string of the molecule is CC(C)CC(NC(=O)[C@@H](O)C(Cc1ccccc1)NC(=O)OCC1c2ccccc2-c2ccccc21)C(=O)NCCOCCOCCN.Cl. The highest BCUT2D eigenvalue weighted by atomic mass is 35.5. The van der Waals surface area contributed by atoms with E-state index < -0.39 is 36.1 Å². The van der Waals surface area contributed by atoms with Gasteiger partial charge in [-0.25, -0.2) is 4.79 Å². The topological polar surface area (TPSA) is 161 Å². The number of benzene rings is 3. The van der Waals surface area contributed by atoms with E-state index in [4.69, 9.17) is 19.9 Å². The van der Waals surface area contributed by atoms with Gasteiger partial charge >= 0.3 is 6.09 Å². The number of nitrogens with two attached hydrogens (primary N) is 1. The standard InChI is InChI=1S/C37H48N4O7.ClH/c1-25(2)22-33(35(43)39-17-19-47-21-20-46-18-16-38)40-36(44)34(42)32(23-26-10-4-3-5-11-26)41-37(45)48-24-31-29-14-8-6-12-27(29)28-13-7-9-15-30(28)31;/h3-15,25,31-34,42H,16-24,38H2,1-2H3,(H,39,43)(H,40,44)(H,41,45);1H/t32?,33?,34-;/m0./s1. The lowest BCUT2D eigenvalue weighted by atomic mass is 9.98. The molecule has 0 radical (unpaired) electrons. The number of amides is 3. The van der Waals surface area contributed by atoms with E-state index in [0.29, 0.717) is 32.8 Å². The number of carbonyl (C=O) groups is 3. The van der Waals surface area contributed by atoms with E-state index in [1.54, 1.807) is 0 Å². The van der Waals surface area contributed by atoms with Gasteiger partial charge in [-0.1, -0.05) is 92.7 Å². The summed E-state index contributed by atoms with van der Waals surface area (Å²) >= 11 is 0. The summed E-state index contributed by atoms with van der Waals surface area (Å²) in [5, 5.41) is 19.5. The lowest BCUT2D eigenvalue weighted by Crippen LogP contribution is -2.56. The molecule has 0 aromatic heterocycles. The largest absolute Gasteiger partial charge is 0.449 e. The Labute approximate surface area is 294 Å². The van der Waals surface area contributed by atoms with Crippen LogP contribution in [0.1, 0.15) is 42.9 Å². The molecule has 1 aliphatic carbocycles. The molecule has 2 unspecified atom stereocenters. The fraction of sp³-hybridized carbons (Fsp3) is 0.432. The zero-order valence-corrected chi connectivity index (χ0v) is 29.0. The van der Waals surface area contributed by atoms with Gasteiger partial charge in [0.25, 0.3) is 5.91 Å². The smallest absolute Gasteiger partial charge is 0.407 e. The minimum absolute atomic E-state index is 0. The molecule has 3 aromatic carbocycles. The van der Waals surface area contributed by atoms with E-state index in [1.807, 2.05) is 80.6 Å². The maximum Gasteiger partial charge on any atom is 0.407 e. The fourth-order valence-electron chi connectivity index (χ4n) is 5.82. The molecule has 6 N–H and O–H groups in total. The summed E-state index contributed by atoms with van der Waals surface area (Å²) in [6.07, 6.45) is -1.91. The van der Waals surface area contributed by atoms with Crippen LogP contribution in [-0.4, -0.2) is 87.3 Å². The number of carbonyl (C=O) groups excluding carboxylic acids is 3. The summed E-state index contributed by atoms with van der Waals surface area (Å²) in [5.41, 5.74) is 10.6. The summed E-state index contributed by atoms with van der Waals surface area (Å²) in [6.45, 7) is 6.13. The molecule has 0 heterocycles. The Morgan fingerprint density at radius 3 is 2.00 bits per heavy atom. The van der Waals surface area contributed by atoms with Gasteiger partial charge in [0.1, 0.15) is 12.6 Å². The van der Waals surface area contributed by atoms with E-state index >= 15 is 0 Å². The van der Waals surface area contributed by atoms with Crippen LogP contribution in [0.5, 0.6) is 0 Å². The van der Waals surface area contributed by atoms with Gasteiger partial charge in [-0.05, 0) is 46.6 Å². The molecule has 0 fully saturated rings. The summed E-state index contributed by atoms with van der Waals surface area (Å²) in [7, 11) is 0. The molecule has 0 saturated carbocycles. The van der Waals surface area contributed by atoms with Crippen LogP contribution in [0.3, 0.4) is 0 Å². The van der Waals surface area contributed by atoms with Crippen molar-refractivity contribution in [3.63, 3.8) is 0 Å². The van der Waals surface area contributed by atoms with Gasteiger partial charge in [0, 0.05) is 19.0 Å². The molecule has 0 spiro atoms. The summed E-state index contributed by atoms with van der Waals surface area (Å²) in [5.74, 6) is -1.23. The van der Waals surface area contributed by atoms with E-state index in [9.17, 15) is 19.5 Å². The second-order valence-electron chi connectivity index (χ2n) is 12.2. The van der Waals surface area contributed by atoms with Crippen LogP contribution in [0.25, 0.3) is 11.1 Å². The van der Waals surface area contributed by atoms with Crippen molar-refractivity contribution in [2.45, 2.75) is 50.8 Å². The van der Waals surface area contributed by atoms with Crippen molar-refractivity contribution in [1.82, 2.24) is 16.0 Å². The summed E-state index contributed by atoms with van der Waals surface area (Å²) < 4.78 is 16.4. The zero-order chi connectivity index (χ0) is 34.3. The highest BCUT2D eigenvalue weighted by Crippen LogP contribution is 2.44. The molecular weight excluding hydrogens is 648 g/mol. The maximum absolute atomic E-state index is 13.4. The molecule has 49 heavy (non-hydrogen) atoms.